The van der Waals surface area contributed by atoms with Crippen molar-refractivity contribution < 1.29 is 28.6 Å². The number of rotatable bonds is 1. The van der Waals surface area contributed by atoms with Crippen molar-refractivity contribution in [2.24, 2.45) is 23.7 Å². The zero-order valence-electron chi connectivity index (χ0n) is 38.8. The highest BCUT2D eigenvalue weighted by atomic mass is 16.3. The minimum atomic E-state index is 0.241. The molecule has 0 spiro atoms. The molecule has 9 aliphatic heterocycles. The molecule has 12 aliphatic rings. The Kier molecular flexibility index (Phi) is 9.44. The van der Waals surface area contributed by atoms with Gasteiger partial charge in [0.1, 0.15) is 51.3 Å². The average Bonchev–Trinajstić information content (AvgIpc) is 3.91. The minimum absolute atomic E-state index is 0.241. The first kappa shape index (κ1) is 40.8. The Labute approximate surface area is 382 Å². The second kappa shape index (κ2) is 15.0. The molecule has 65 heavy (non-hydrogen) atoms. The summed E-state index contributed by atoms with van der Waals surface area (Å²) in [6.07, 6.45) is 15.0. The van der Waals surface area contributed by atoms with Gasteiger partial charge in [0, 0.05) is 106 Å². The third-order valence-electron chi connectivity index (χ3n) is 19.6. The molecule has 15 unspecified atom stereocenters. The zero-order valence-corrected chi connectivity index (χ0v) is 38.8. The molecule has 0 radical (unpaired) electrons. The fourth-order valence-corrected chi connectivity index (χ4v) is 16.4. The number of hydrogen-bond donors (Lipinski definition) is 3. The van der Waals surface area contributed by atoms with Gasteiger partial charge in [0.25, 0.3) is 0 Å². The lowest BCUT2D eigenvalue weighted by atomic mass is 9.57. The maximum Gasteiger partial charge on any atom is 0.134 e. The van der Waals surface area contributed by atoms with Gasteiger partial charge in [-0.15, -0.1) is 0 Å². The Bertz CT molecular complexity index is 2700. The van der Waals surface area contributed by atoms with Crippen LogP contribution in [0.4, 0.5) is 0 Å². The summed E-state index contributed by atoms with van der Waals surface area (Å²) < 4.78 is 18.9. The van der Waals surface area contributed by atoms with E-state index in [0.717, 1.165) is 108 Å². The van der Waals surface area contributed by atoms with E-state index in [4.69, 9.17) is 13.3 Å². The second-order valence-electron chi connectivity index (χ2n) is 22.2. The summed E-state index contributed by atoms with van der Waals surface area (Å²) in [5.41, 5.74) is 7.14. The van der Waals surface area contributed by atoms with E-state index in [-0.39, 0.29) is 5.54 Å². The standard InChI is InChI=1S/C20H25NO2.2C18H21NO2/c1-3-13-8-12-9-17-19-15(6-7-21(11-12)20(13,17)2)16-10-14(22)4-5-18(16)23-19;2*1-10-11-2-4-16-15(8-11)18-13(6-7-19(10)16)14-9-12(20)3-5-17(14)21-18/h4-5,10,12-13,17,22H,3,6-9,11H2,1-2H3;2*3,5,9-11,15-16,20H,2,4,6-8H2,1H3. The minimum Gasteiger partial charge on any atom is -0.508 e. The van der Waals surface area contributed by atoms with E-state index in [9.17, 15) is 15.3 Å². The van der Waals surface area contributed by atoms with Crippen LogP contribution in [0.15, 0.2) is 67.8 Å². The van der Waals surface area contributed by atoms with Gasteiger partial charge in [0.2, 0.25) is 0 Å². The Morgan fingerprint density at radius 3 is 1.54 bits per heavy atom. The van der Waals surface area contributed by atoms with Gasteiger partial charge in [0.05, 0.1) is 0 Å². The highest BCUT2D eigenvalue weighted by Gasteiger charge is 2.57. The quantitative estimate of drug-likeness (QED) is 0.149. The van der Waals surface area contributed by atoms with Crippen LogP contribution in [0.25, 0.3) is 32.9 Å². The molecule has 3 N–H and O–H groups in total. The molecule has 6 aromatic rings. The molecule has 3 aliphatic carbocycles. The first-order valence-corrected chi connectivity index (χ1v) is 25.5. The van der Waals surface area contributed by atoms with Crippen LogP contribution in [0.2, 0.25) is 0 Å². The fourth-order valence-electron chi connectivity index (χ4n) is 16.4. The summed E-state index contributed by atoms with van der Waals surface area (Å²) in [6, 6.07) is 19.4. The van der Waals surface area contributed by atoms with Crippen LogP contribution in [0, 0.1) is 23.7 Å². The molecule has 12 heterocycles. The van der Waals surface area contributed by atoms with Crippen LogP contribution < -0.4 is 0 Å². The largest absolute Gasteiger partial charge is 0.508 e. The molecule has 6 saturated heterocycles. The Morgan fingerprint density at radius 1 is 0.585 bits per heavy atom. The van der Waals surface area contributed by atoms with E-state index in [1.807, 2.05) is 36.4 Å². The number of aromatic hydroxyl groups is 3. The van der Waals surface area contributed by atoms with Gasteiger partial charge in [0.15, 0.2) is 0 Å². The smallest absolute Gasteiger partial charge is 0.134 e. The van der Waals surface area contributed by atoms with Crippen molar-refractivity contribution in [1.29, 1.82) is 0 Å². The molecule has 9 nitrogen and oxygen atoms in total. The molecule has 12 bridgehead atoms. The van der Waals surface area contributed by atoms with Crippen molar-refractivity contribution >= 4 is 32.9 Å². The summed E-state index contributed by atoms with van der Waals surface area (Å²) in [7, 11) is 0. The van der Waals surface area contributed by atoms with E-state index < -0.39 is 0 Å². The molecule has 342 valence electrons. The Morgan fingerprint density at radius 2 is 1.05 bits per heavy atom. The molecule has 18 rings (SSSR count). The summed E-state index contributed by atoms with van der Waals surface area (Å²) >= 11 is 0. The van der Waals surface area contributed by atoms with Crippen molar-refractivity contribution in [1.82, 2.24) is 14.7 Å². The zero-order chi connectivity index (χ0) is 44.0. The molecule has 3 aromatic carbocycles. The normalized spacial score (nSPS) is 37.8. The van der Waals surface area contributed by atoms with Gasteiger partial charge >= 0.3 is 0 Å². The molecular weight excluding hydrogens is 811 g/mol. The number of nitrogens with zero attached hydrogens (tertiary/aromatic N) is 3. The average molecular weight is 878 g/mol. The van der Waals surface area contributed by atoms with Crippen molar-refractivity contribution in [2.45, 2.75) is 152 Å². The second-order valence-corrected chi connectivity index (χ2v) is 22.2. The van der Waals surface area contributed by atoms with Gasteiger partial charge in [-0.05, 0) is 170 Å². The first-order valence-electron chi connectivity index (χ1n) is 25.5. The molecule has 0 amide bonds. The van der Waals surface area contributed by atoms with E-state index in [0.29, 0.717) is 47.1 Å². The van der Waals surface area contributed by atoms with Crippen molar-refractivity contribution in [3.8, 4) is 17.2 Å². The first-order chi connectivity index (χ1) is 31.5. The Hall–Kier alpha value is -4.44. The van der Waals surface area contributed by atoms with Crippen LogP contribution in [-0.4, -0.2) is 85.9 Å². The lowest BCUT2D eigenvalue weighted by Crippen LogP contribution is -2.64. The SMILES string of the molecule is CC1C2CCC3C(C2)c2oc4ccc(O)cc4c2CCN13.CC1C2CCC3C(C2)c2oc4ccc(O)cc4c2CCN13.CCC1CC2CC3c4oc5ccc(O)cc5c4CCN(C2)C13C. The van der Waals surface area contributed by atoms with Crippen LogP contribution in [-0.2, 0) is 19.3 Å². The lowest BCUT2D eigenvalue weighted by molar-refractivity contribution is -0.0877. The number of hydrogen-bond acceptors (Lipinski definition) is 9. The van der Waals surface area contributed by atoms with Crippen molar-refractivity contribution in [2.75, 3.05) is 26.2 Å². The number of phenols is 3. The monoisotopic (exact) mass is 878 g/mol. The predicted octanol–water partition coefficient (Wildman–Crippen LogP) is 11.6. The van der Waals surface area contributed by atoms with Crippen LogP contribution >= 0.6 is 0 Å². The highest BCUT2D eigenvalue weighted by molar-refractivity contribution is 5.86. The van der Waals surface area contributed by atoms with Gasteiger partial charge in [-0.3, -0.25) is 14.7 Å². The third kappa shape index (κ3) is 6.12. The molecular formula is C56H67N3O6. The number of fused-ring (bicyclic) bond motifs is 12. The van der Waals surface area contributed by atoms with Gasteiger partial charge < -0.3 is 28.6 Å². The summed E-state index contributed by atoms with van der Waals surface area (Å²) in [5.74, 6) is 9.56. The van der Waals surface area contributed by atoms with E-state index in [1.165, 1.54) is 98.3 Å². The van der Waals surface area contributed by atoms with E-state index in [1.54, 1.807) is 18.2 Å². The van der Waals surface area contributed by atoms with Gasteiger partial charge in [-0.2, -0.15) is 0 Å². The van der Waals surface area contributed by atoms with Crippen molar-refractivity contribution in [3.05, 3.63) is 88.6 Å². The summed E-state index contributed by atoms with van der Waals surface area (Å²) in [4.78, 5) is 8.21. The maximum absolute atomic E-state index is 9.89. The molecule has 9 fully saturated rings. The van der Waals surface area contributed by atoms with E-state index in [2.05, 4.69) is 42.4 Å². The topological polar surface area (TPSA) is 110 Å². The maximum atomic E-state index is 9.89. The van der Waals surface area contributed by atoms with Gasteiger partial charge in [-0.1, -0.05) is 13.3 Å². The molecule has 9 heteroatoms. The van der Waals surface area contributed by atoms with Crippen LogP contribution in [0.5, 0.6) is 17.2 Å². The number of benzene rings is 3. The van der Waals surface area contributed by atoms with Crippen molar-refractivity contribution in [3.63, 3.8) is 0 Å². The Balaban J connectivity index is 0.0000000979. The molecule has 3 saturated carbocycles. The van der Waals surface area contributed by atoms with E-state index >= 15 is 0 Å². The highest BCUT2D eigenvalue weighted by Crippen LogP contribution is 2.58. The number of piperidine rings is 6. The van der Waals surface area contributed by atoms with Crippen LogP contribution in [0.1, 0.15) is 137 Å². The molecule has 3 aromatic heterocycles. The van der Waals surface area contributed by atoms with Gasteiger partial charge in [-0.25, -0.2) is 0 Å². The predicted molar refractivity (Wildman–Crippen MR) is 254 cm³/mol. The van der Waals surface area contributed by atoms with Crippen LogP contribution in [0.3, 0.4) is 0 Å². The fraction of sp³-hybridized carbons (Fsp3) is 0.571. The third-order valence-corrected chi connectivity index (χ3v) is 19.6. The summed E-state index contributed by atoms with van der Waals surface area (Å²) in [5, 5.41) is 32.9. The summed E-state index contributed by atoms with van der Waals surface area (Å²) in [6.45, 7) is 14.3. The lowest BCUT2D eigenvalue weighted by Gasteiger charge is -2.60. The number of phenolic OH excluding ortho intramolecular Hbond substituents is 3. The molecule has 15 atom stereocenters. The number of furan rings is 3.